The molecule has 1 aromatic carbocycles. The largest absolute Gasteiger partial charge is 0.416 e. The van der Waals surface area contributed by atoms with Gasteiger partial charge in [0.2, 0.25) is 0 Å². The smallest absolute Gasteiger partial charge is 0.339 e. The second-order valence-corrected chi connectivity index (χ2v) is 6.51. The first-order valence-electron chi connectivity index (χ1n) is 8.65. The summed E-state index contributed by atoms with van der Waals surface area (Å²) in [6.45, 7) is 6.09. The van der Waals surface area contributed by atoms with Crippen LogP contribution in [0.3, 0.4) is 0 Å². The second kappa shape index (κ2) is 8.26. The molecule has 0 aliphatic heterocycles. The number of benzene rings is 1. The van der Waals surface area contributed by atoms with Crippen LogP contribution in [0.4, 0.5) is 19.0 Å². The van der Waals surface area contributed by atoms with Crippen molar-refractivity contribution in [2.45, 2.75) is 26.2 Å². The molecule has 0 saturated heterocycles. The lowest BCUT2D eigenvalue weighted by molar-refractivity contribution is -0.137. The van der Waals surface area contributed by atoms with E-state index in [1.54, 1.807) is 29.1 Å². The first-order valence-corrected chi connectivity index (χ1v) is 8.65. The summed E-state index contributed by atoms with van der Waals surface area (Å²) in [5.74, 6) is 0.500. The number of hydrogen-bond donors (Lipinski definition) is 1. The van der Waals surface area contributed by atoms with Crippen LogP contribution >= 0.6 is 0 Å². The normalized spacial score (nSPS) is 11.3. The van der Waals surface area contributed by atoms with E-state index in [1.165, 1.54) is 12.4 Å². The van der Waals surface area contributed by atoms with Crippen molar-refractivity contribution in [1.82, 2.24) is 14.5 Å². The number of imidazole rings is 1. The van der Waals surface area contributed by atoms with E-state index in [0.29, 0.717) is 22.8 Å². The van der Waals surface area contributed by atoms with E-state index in [1.807, 2.05) is 6.92 Å². The summed E-state index contributed by atoms with van der Waals surface area (Å²) in [7, 11) is 0. The van der Waals surface area contributed by atoms with Crippen LogP contribution in [-0.2, 0) is 19.3 Å². The van der Waals surface area contributed by atoms with Gasteiger partial charge in [0, 0.05) is 30.2 Å². The van der Waals surface area contributed by atoms with Crippen LogP contribution in [-0.4, -0.2) is 14.5 Å². The van der Waals surface area contributed by atoms with Crippen LogP contribution < -0.4 is 5.32 Å². The quantitative estimate of drug-likeness (QED) is 0.566. The lowest BCUT2D eigenvalue weighted by Gasteiger charge is -2.11. The number of pyridine rings is 1. The van der Waals surface area contributed by atoms with E-state index in [-0.39, 0.29) is 13.1 Å². The van der Waals surface area contributed by atoms with Gasteiger partial charge in [-0.3, -0.25) is 4.98 Å². The zero-order valence-electron chi connectivity index (χ0n) is 15.6. The van der Waals surface area contributed by atoms with Gasteiger partial charge in [0.05, 0.1) is 17.6 Å². The molecule has 1 N–H and O–H groups in total. The molecular weight excluding hydrogens is 383 g/mol. The highest BCUT2D eigenvalue weighted by atomic mass is 19.4. The van der Waals surface area contributed by atoms with Gasteiger partial charge in [0.1, 0.15) is 12.4 Å². The highest BCUT2D eigenvalue weighted by Crippen LogP contribution is 2.29. The minimum absolute atomic E-state index is 0.000962. The summed E-state index contributed by atoms with van der Waals surface area (Å²) in [6.07, 6.45) is 0.433. The SMILES string of the molecule is C=C(Nc1cn(Cc2cccc(C(F)(F)F)c2)cn1)c1cnc(CN=O)cc1C. The molecule has 0 aliphatic rings. The Kier molecular flexibility index (Phi) is 5.76. The van der Waals surface area contributed by atoms with Crippen molar-refractivity contribution >= 4 is 11.5 Å². The van der Waals surface area contributed by atoms with Crippen molar-refractivity contribution in [3.05, 3.63) is 88.5 Å². The monoisotopic (exact) mass is 401 g/mol. The zero-order valence-corrected chi connectivity index (χ0v) is 15.6. The van der Waals surface area contributed by atoms with Gasteiger partial charge in [-0.2, -0.15) is 18.1 Å². The molecule has 0 spiro atoms. The van der Waals surface area contributed by atoms with Gasteiger partial charge in [-0.15, -0.1) is 0 Å². The van der Waals surface area contributed by atoms with Crippen LogP contribution in [0.5, 0.6) is 0 Å². The minimum Gasteiger partial charge on any atom is -0.339 e. The van der Waals surface area contributed by atoms with E-state index in [4.69, 9.17) is 0 Å². The van der Waals surface area contributed by atoms with Gasteiger partial charge in [-0.25, -0.2) is 4.98 Å². The van der Waals surface area contributed by atoms with Gasteiger partial charge in [0.15, 0.2) is 0 Å². The third kappa shape index (κ3) is 5.07. The third-order valence-corrected chi connectivity index (χ3v) is 4.25. The maximum absolute atomic E-state index is 12.9. The molecule has 3 rings (SSSR count). The molecule has 0 unspecified atom stereocenters. The summed E-state index contributed by atoms with van der Waals surface area (Å²) in [6, 6.07) is 6.94. The highest BCUT2D eigenvalue weighted by Gasteiger charge is 2.30. The van der Waals surface area contributed by atoms with Crippen molar-refractivity contribution in [3.63, 3.8) is 0 Å². The van der Waals surface area contributed by atoms with E-state index in [0.717, 1.165) is 23.3 Å². The molecule has 3 aromatic rings. The fraction of sp³-hybridized carbons (Fsp3) is 0.200. The molecule has 9 heteroatoms. The topological polar surface area (TPSA) is 72.2 Å². The molecule has 0 bridgehead atoms. The first-order chi connectivity index (χ1) is 13.8. The van der Waals surface area contributed by atoms with E-state index in [9.17, 15) is 18.1 Å². The molecule has 0 atom stereocenters. The van der Waals surface area contributed by atoms with E-state index < -0.39 is 11.7 Å². The predicted octanol–water partition coefficient (Wildman–Crippen LogP) is 5.00. The molecule has 6 nitrogen and oxygen atoms in total. The van der Waals surface area contributed by atoms with Crippen molar-refractivity contribution < 1.29 is 13.2 Å². The minimum atomic E-state index is -4.38. The third-order valence-electron chi connectivity index (χ3n) is 4.25. The second-order valence-electron chi connectivity index (χ2n) is 6.51. The Hall–Kier alpha value is -3.49. The summed E-state index contributed by atoms with van der Waals surface area (Å²) in [5, 5.41) is 5.88. The summed E-state index contributed by atoms with van der Waals surface area (Å²) in [5.41, 5.74) is 2.59. The van der Waals surface area contributed by atoms with Gasteiger partial charge in [-0.1, -0.05) is 23.9 Å². The number of rotatable bonds is 7. The fourth-order valence-electron chi connectivity index (χ4n) is 2.87. The molecule has 0 radical (unpaired) electrons. The molecule has 29 heavy (non-hydrogen) atoms. The number of nitrogens with one attached hydrogen (secondary N) is 1. The Balaban J connectivity index is 1.69. The maximum Gasteiger partial charge on any atom is 0.416 e. The van der Waals surface area contributed by atoms with Gasteiger partial charge < -0.3 is 9.88 Å². The van der Waals surface area contributed by atoms with Crippen LogP contribution in [0, 0.1) is 11.8 Å². The first kappa shape index (κ1) is 20.2. The lowest BCUT2D eigenvalue weighted by Crippen LogP contribution is -2.06. The number of halogens is 3. The zero-order chi connectivity index (χ0) is 21.0. The Morgan fingerprint density at radius 2 is 2.07 bits per heavy atom. The average molecular weight is 401 g/mol. The standard InChI is InChI=1S/C20H18F3N5O/c1-13-6-17(8-26-29)24-9-18(13)14(2)27-19-11-28(12-25-19)10-15-4-3-5-16(7-15)20(21,22)23/h3-7,9,11-12,27H,2,8,10H2,1H3. The molecule has 150 valence electrons. The van der Waals surface area contributed by atoms with Gasteiger partial charge in [0.25, 0.3) is 0 Å². The number of nitrogens with zero attached hydrogens (tertiary/aromatic N) is 4. The number of anilines is 1. The van der Waals surface area contributed by atoms with Gasteiger partial charge in [-0.05, 0) is 36.2 Å². The number of nitroso groups, excluding NO2 is 1. The molecule has 2 heterocycles. The van der Waals surface area contributed by atoms with E-state index >= 15 is 0 Å². The van der Waals surface area contributed by atoms with Crippen LogP contribution in [0.1, 0.15) is 27.9 Å². The fourth-order valence-corrected chi connectivity index (χ4v) is 2.87. The van der Waals surface area contributed by atoms with Crippen LogP contribution in [0.25, 0.3) is 5.70 Å². The number of aromatic nitrogens is 3. The highest BCUT2D eigenvalue weighted by molar-refractivity contribution is 5.74. The molecular formula is C20H18F3N5O. The Morgan fingerprint density at radius 3 is 2.76 bits per heavy atom. The van der Waals surface area contributed by atoms with E-state index in [2.05, 4.69) is 27.0 Å². The Bertz CT molecular complexity index is 1040. The number of alkyl halides is 3. The summed E-state index contributed by atoms with van der Waals surface area (Å²) in [4.78, 5) is 18.7. The molecule has 0 aliphatic carbocycles. The van der Waals surface area contributed by atoms with Crippen LogP contribution in [0.15, 0.2) is 60.8 Å². The Morgan fingerprint density at radius 1 is 1.28 bits per heavy atom. The average Bonchev–Trinajstić information content (AvgIpc) is 3.08. The van der Waals surface area contributed by atoms with Crippen molar-refractivity contribution in [3.8, 4) is 0 Å². The van der Waals surface area contributed by atoms with Crippen molar-refractivity contribution in [1.29, 1.82) is 0 Å². The summed E-state index contributed by atoms with van der Waals surface area (Å²) < 4.78 is 40.2. The van der Waals surface area contributed by atoms with Crippen LogP contribution in [0.2, 0.25) is 0 Å². The van der Waals surface area contributed by atoms with Crippen molar-refractivity contribution in [2.75, 3.05) is 5.32 Å². The predicted molar refractivity (Wildman–Crippen MR) is 104 cm³/mol. The molecule has 0 fully saturated rings. The molecule has 0 amide bonds. The molecule has 2 aromatic heterocycles. The Labute approximate surface area is 165 Å². The summed E-state index contributed by atoms with van der Waals surface area (Å²) >= 11 is 0. The maximum atomic E-state index is 12.9. The number of hydrogen-bond acceptors (Lipinski definition) is 5. The lowest BCUT2D eigenvalue weighted by atomic mass is 10.1. The molecule has 0 saturated carbocycles. The number of aryl methyl sites for hydroxylation is 1. The van der Waals surface area contributed by atoms with Crippen molar-refractivity contribution in [2.24, 2.45) is 5.18 Å². The van der Waals surface area contributed by atoms with Gasteiger partial charge >= 0.3 is 6.18 Å².